The number of nitrogens with zero attached hydrogens (tertiary/aromatic N) is 2. The lowest BCUT2D eigenvalue weighted by Gasteiger charge is -2.30. The Morgan fingerprint density at radius 2 is 2.05 bits per heavy atom. The summed E-state index contributed by atoms with van der Waals surface area (Å²) in [4.78, 5) is 47.8. The van der Waals surface area contributed by atoms with E-state index in [0.29, 0.717) is 22.3 Å². The van der Waals surface area contributed by atoms with Gasteiger partial charge in [-0.2, -0.15) is 0 Å². The third kappa shape index (κ3) is 2.64. The van der Waals surface area contributed by atoms with E-state index in [1.165, 1.54) is 7.05 Å². The molecular formula is C12H18N4O4. The Morgan fingerprint density at radius 1 is 1.35 bits per heavy atom. The van der Waals surface area contributed by atoms with Crippen LogP contribution < -0.4 is 10.6 Å². The molecule has 0 aliphatic carbocycles. The van der Waals surface area contributed by atoms with Gasteiger partial charge < -0.3 is 10.6 Å². The number of hydrogen-bond donors (Lipinski definition) is 2. The molecule has 2 aliphatic rings. The molecule has 2 aliphatic heterocycles. The van der Waals surface area contributed by atoms with Crippen LogP contribution in [-0.2, 0) is 14.4 Å². The van der Waals surface area contributed by atoms with Gasteiger partial charge in [-0.15, -0.1) is 0 Å². The molecule has 2 atom stereocenters. The van der Waals surface area contributed by atoms with E-state index in [1.807, 2.05) is 6.92 Å². The maximum absolute atomic E-state index is 11.9. The summed E-state index contributed by atoms with van der Waals surface area (Å²) >= 11 is 0. The van der Waals surface area contributed by atoms with E-state index in [9.17, 15) is 19.2 Å². The number of rotatable bonds is 3. The second-order valence-corrected chi connectivity index (χ2v) is 5.18. The summed E-state index contributed by atoms with van der Waals surface area (Å²) in [5.74, 6) is -1.97. The average Bonchev–Trinajstić information content (AvgIpc) is 2.59. The molecule has 2 unspecified atom stereocenters. The van der Waals surface area contributed by atoms with Crippen molar-refractivity contribution in [2.45, 2.75) is 19.4 Å². The third-order valence-corrected chi connectivity index (χ3v) is 3.73. The van der Waals surface area contributed by atoms with Crippen LogP contribution in [0, 0.1) is 5.92 Å². The molecule has 2 fully saturated rings. The summed E-state index contributed by atoms with van der Waals surface area (Å²) in [6, 6.07) is -0.789. The highest BCUT2D eigenvalue weighted by Gasteiger charge is 2.43. The van der Waals surface area contributed by atoms with Crippen molar-refractivity contribution in [3.63, 3.8) is 0 Å². The predicted molar refractivity (Wildman–Crippen MR) is 68.5 cm³/mol. The number of piperidine rings is 1. The number of nitrogens with one attached hydrogen (secondary N) is 2. The van der Waals surface area contributed by atoms with Gasteiger partial charge in [0.25, 0.3) is 0 Å². The zero-order valence-electron chi connectivity index (χ0n) is 11.5. The van der Waals surface area contributed by atoms with Crippen LogP contribution in [0.4, 0.5) is 4.79 Å². The summed E-state index contributed by atoms with van der Waals surface area (Å²) < 4.78 is 0. The summed E-state index contributed by atoms with van der Waals surface area (Å²) in [6.45, 7) is 3.19. The Kier molecular flexibility index (Phi) is 4.03. The van der Waals surface area contributed by atoms with Gasteiger partial charge in [-0.3, -0.25) is 19.3 Å². The highest BCUT2D eigenvalue weighted by atomic mass is 16.2. The molecule has 20 heavy (non-hydrogen) atoms. The second kappa shape index (κ2) is 5.58. The number of imide groups is 2. The van der Waals surface area contributed by atoms with Gasteiger partial charge in [-0.25, -0.2) is 9.69 Å². The lowest BCUT2D eigenvalue weighted by Crippen LogP contribution is -2.52. The quantitative estimate of drug-likeness (QED) is 0.486. The number of carbonyl (C=O) groups excluding carboxylic acids is 4. The molecule has 0 bridgehead atoms. The lowest BCUT2D eigenvalue weighted by molar-refractivity contribution is -0.143. The molecule has 2 N–H and O–H groups in total. The van der Waals surface area contributed by atoms with Gasteiger partial charge in [0.05, 0.1) is 0 Å². The normalized spacial score (nSPS) is 27.2. The van der Waals surface area contributed by atoms with E-state index in [4.69, 9.17) is 0 Å². The highest BCUT2D eigenvalue weighted by molar-refractivity contribution is 6.44. The monoisotopic (exact) mass is 282 g/mol. The molecule has 0 spiro atoms. The van der Waals surface area contributed by atoms with E-state index >= 15 is 0 Å². The van der Waals surface area contributed by atoms with E-state index in [-0.39, 0.29) is 6.04 Å². The minimum Gasteiger partial charge on any atom is -0.350 e. The summed E-state index contributed by atoms with van der Waals surface area (Å²) in [7, 11) is 1.22. The van der Waals surface area contributed by atoms with Crippen molar-refractivity contribution in [3.05, 3.63) is 0 Å². The predicted octanol–water partition coefficient (Wildman–Crippen LogP) is -1.48. The zero-order valence-corrected chi connectivity index (χ0v) is 11.5. The highest BCUT2D eigenvalue weighted by Crippen LogP contribution is 2.12. The van der Waals surface area contributed by atoms with Gasteiger partial charge in [-0.1, -0.05) is 6.92 Å². The molecule has 2 heterocycles. The van der Waals surface area contributed by atoms with Crippen LogP contribution in [0.5, 0.6) is 0 Å². The molecule has 0 aromatic heterocycles. The van der Waals surface area contributed by atoms with Crippen molar-refractivity contribution in [2.75, 3.05) is 26.7 Å². The maximum Gasteiger partial charge on any atom is 0.334 e. The largest absolute Gasteiger partial charge is 0.350 e. The van der Waals surface area contributed by atoms with Crippen molar-refractivity contribution in [1.82, 2.24) is 20.4 Å². The number of carbonyl (C=O) groups is 4. The Labute approximate surface area is 116 Å². The first-order valence-corrected chi connectivity index (χ1v) is 6.55. The minimum atomic E-state index is -0.956. The second-order valence-electron chi connectivity index (χ2n) is 5.18. The number of likely N-dealkylation sites (N-methyl/N-ethyl adjacent to an activating group) is 1. The van der Waals surface area contributed by atoms with Crippen LogP contribution in [0.1, 0.15) is 13.3 Å². The number of urea groups is 1. The van der Waals surface area contributed by atoms with Gasteiger partial charge in [0.15, 0.2) is 0 Å². The van der Waals surface area contributed by atoms with Gasteiger partial charge in [-0.05, 0) is 18.9 Å². The fraction of sp³-hybridized carbons (Fsp3) is 0.667. The molecule has 0 aromatic carbocycles. The zero-order chi connectivity index (χ0) is 14.9. The molecule has 8 nitrogen and oxygen atoms in total. The lowest BCUT2D eigenvalue weighted by atomic mass is 9.95. The van der Waals surface area contributed by atoms with Crippen LogP contribution in [0.2, 0.25) is 0 Å². The van der Waals surface area contributed by atoms with Crippen LogP contribution in [0.3, 0.4) is 0 Å². The summed E-state index contributed by atoms with van der Waals surface area (Å²) in [6.07, 6.45) is 0.952. The fourth-order valence-corrected chi connectivity index (χ4v) is 2.33. The van der Waals surface area contributed by atoms with E-state index in [0.717, 1.165) is 13.0 Å². The van der Waals surface area contributed by atoms with Crippen LogP contribution in [-0.4, -0.2) is 66.3 Å². The van der Waals surface area contributed by atoms with Gasteiger partial charge in [0, 0.05) is 19.6 Å². The first kappa shape index (κ1) is 14.4. The van der Waals surface area contributed by atoms with Crippen molar-refractivity contribution in [1.29, 1.82) is 0 Å². The number of amides is 5. The molecular weight excluding hydrogens is 264 g/mol. The minimum absolute atomic E-state index is 0.0301. The Morgan fingerprint density at radius 3 is 2.60 bits per heavy atom. The van der Waals surface area contributed by atoms with Crippen LogP contribution in [0.15, 0.2) is 0 Å². The molecule has 2 saturated heterocycles. The maximum atomic E-state index is 11.9. The molecule has 110 valence electrons. The molecule has 2 rings (SSSR count). The SMILES string of the molecule is CC1CCNCC1NC(=O)CN1C(=O)C(=O)N(C)C1=O. The van der Waals surface area contributed by atoms with Crippen molar-refractivity contribution in [2.24, 2.45) is 5.92 Å². The van der Waals surface area contributed by atoms with Gasteiger partial charge in [0.1, 0.15) is 6.54 Å². The summed E-state index contributed by atoms with van der Waals surface area (Å²) in [5.41, 5.74) is 0. The van der Waals surface area contributed by atoms with Crippen LogP contribution >= 0.6 is 0 Å². The Hall–Kier alpha value is -1.96. The molecule has 0 aromatic rings. The first-order chi connectivity index (χ1) is 9.41. The first-order valence-electron chi connectivity index (χ1n) is 6.55. The van der Waals surface area contributed by atoms with E-state index < -0.39 is 30.3 Å². The molecule has 5 amide bonds. The van der Waals surface area contributed by atoms with Crippen molar-refractivity contribution >= 4 is 23.8 Å². The van der Waals surface area contributed by atoms with Gasteiger partial charge in [0.2, 0.25) is 5.91 Å². The smallest absolute Gasteiger partial charge is 0.334 e. The number of hydrogen-bond acceptors (Lipinski definition) is 5. The van der Waals surface area contributed by atoms with E-state index in [2.05, 4.69) is 10.6 Å². The van der Waals surface area contributed by atoms with E-state index in [1.54, 1.807) is 0 Å². The topological polar surface area (TPSA) is 98.8 Å². The fourth-order valence-electron chi connectivity index (χ4n) is 2.33. The van der Waals surface area contributed by atoms with Crippen molar-refractivity contribution in [3.8, 4) is 0 Å². The standard InChI is InChI=1S/C12H18N4O4/c1-7-3-4-13-5-8(7)14-9(17)6-16-11(19)10(18)15(2)12(16)20/h7-8,13H,3-6H2,1-2H3,(H,14,17). The van der Waals surface area contributed by atoms with Crippen LogP contribution in [0.25, 0.3) is 0 Å². The molecule has 0 saturated carbocycles. The Balaban J connectivity index is 1.93. The van der Waals surface area contributed by atoms with Crippen molar-refractivity contribution < 1.29 is 19.2 Å². The summed E-state index contributed by atoms with van der Waals surface area (Å²) in [5, 5.41) is 5.96. The Bertz CT molecular complexity index is 464. The van der Waals surface area contributed by atoms with Gasteiger partial charge >= 0.3 is 17.8 Å². The third-order valence-electron chi connectivity index (χ3n) is 3.73. The average molecular weight is 282 g/mol. The molecule has 0 radical (unpaired) electrons. The molecule has 8 heteroatoms.